The average molecular weight is 267 g/mol. The van der Waals surface area contributed by atoms with Crippen molar-refractivity contribution >= 4 is 10.0 Å². The van der Waals surface area contributed by atoms with Gasteiger partial charge in [0.2, 0.25) is 10.0 Å². The predicted molar refractivity (Wildman–Crippen MR) is 70.9 cm³/mol. The third kappa shape index (κ3) is 4.40. The summed E-state index contributed by atoms with van der Waals surface area (Å²) in [5, 5.41) is 0. The van der Waals surface area contributed by atoms with Crippen LogP contribution in [0.15, 0.2) is 29.2 Å². The van der Waals surface area contributed by atoms with E-state index in [9.17, 15) is 8.42 Å². The predicted octanol–water partition coefficient (Wildman–Crippen LogP) is 1.78. The monoisotopic (exact) mass is 267 g/mol. The summed E-state index contributed by atoms with van der Waals surface area (Å²) >= 11 is 0. The number of terminal acetylenes is 1. The molecule has 98 valence electrons. The number of nitrogens with one attached hydrogen (secondary N) is 1. The van der Waals surface area contributed by atoms with Crippen LogP contribution >= 0.6 is 0 Å². The normalized spacial score (nSPS) is 10.9. The van der Waals surface area contributed by atoms with Crippen molar-refractivity contribution < 1.29 is 13.2 Å². The number of sulfonamides is 1. The number of ether oxygens (including phenoxy) is 1. The molecule has 0 radical (unpaired) electrons. The summed E-state index contributed by atoms with van der Waals surface area (Å²) in [5.41, 5.74) is 0. The van der Waals surface area contributed by atoms with Crippen LogP contribution < -0.4 is 9.46 Å². The van der Waals surface area contributed by atoms with Crippen LogP contribution in [0, 0.1) is 12.3 Å². The molecule has 1 N–H and O–H groups in total. The van der Waals surface area contributed by atoms with Gasteiger partial charge in [0.1, 0.15) is 5.75 Å². The Hall–Kier alpha value is -1.51. The van der Waals surface area contributed by atoms with E-state index in [0.29, 0.717) is 12.4 Å². The molecule has 4 nitrogen and oxygen atoms in total. The molecule has 0 aliphatic rings. The van der Waals surface area contributed by atoms with Crippen molar-refractivity contribution in [3.05, 3.63) is 24.3 Å². The smallest absolute Gasteiger partial charge is 0.241 e. The SMILES string of the molecule is C#CCNS(=O)(=O)c1ccc(OCCCC)cc1. The summed E-state index contributed by atoms with van der Waals surface area (Å²) in [6.45, 7) is 2.70. The van der Waals surface area contributed by atoms with Crippen LogP contribution in [0.4, 0.5) is 0 Å². The van der Waals surface area contributed by atoms with E-state index in [1.807, 2.05) is 0 Å². The van der Waals surface area contributed by atoms with Gasteiger partial charge in [-0.15, -0.1) is 6.42 Å². The Labute approximate surface area is 108 Å². The Bertz CT molecular complexity index is 500. The zero-order valence-electron chi connectivity index (χ0n) is 10.3. The lowest BCUT2D eigenvalue weighted by atomic mass is 10.3. The maximum atomic E-state index is 11.7. The van der Waals surface area contributed by atoms with Crippen LogP contribution in [0.2, 0.25) is 0 Å². The summed E-state index contributed by atoms with van der Waals surface area (Å²) in [6, 6.07) is 6.28. The van der Waals surface area contributed by atoms with Gasteiger partial charge in [0.05, 0.1) is 18.0 Å². The van der Waals surface area contributed by atoms with Crippen LogP contribution in [0.3, 0.4) is 0 Å². The number of unbranched alkanes of at least 4 members (excludes halogenated alkanes) is 1. The minimum atomic E-state index is -3.51. The third-order valence-electron chi connectivity index (χ3n) is 2.26. The second kappa shape index (κ2) is 7.04. The van der Waals surface area contributed by atoms with Crippen LogP contribution in [0.25, 0.3) is 0 Å². The highest BCUT2D eigenvalue weighted by Gasteiger charge is 2.12. The molecular weight excluding hydrogens is 250 g/mol. The average Bonchev–Trinajstić information content (AvgIpc) is 2.37. The highest BCUT2D eigenvalue weighted by Crippen LogP contribution is 2.16. The van der Waals surface area contributed by atoms with Gasteiger partial charge in [0.15, 0.2) is 0 Å². The molecule has 0 bridgehead atoms. The molecule has 5 heteroatoms. The van der Waals surface area contributed by atoms with Gasteiger partial charge in [-0.1, -0.05) is 19.3 Å². The quantitative estimate of drug-likeness (QED) is 0.605. The molecule has 0 aromatic heterocycles. The Morgan fingerprint density at radius 2 is 2.00 bits per heavy atom. The summed E-state index contributed by atoms with van der Waals surface area (Å²) in [4.78, 5) is 0.181. The van der Waals surface area contributed by atoms with E-state index in [0.717, 1.165) is 12.8 Å². The molecule has 0 aliphatic heterocycles. The van der Waals surface area contributed by atoms with E-state index in [4.69, 9.17) is 11.2 Å². The van der Waals surface area contributed by atoms with Crippen molar-refractivity contribution in [3.63, 3.8) is 0 Å². The molecule has 0 heterocycles. The van der Waals surface area contributed by atoms with E-state index in [1.54, 1.807) is 12.1 Å². The van der Waals surface area contributed by atoms with Crippen LogP contribution in [0.1, 0.15) is 19.8 Å². The second-order valence-corrected chi connectivity index (χ2v) is 5.47. The van der Waals surface area contributed by atoms with Gasteiger partial charge in [-0.05, 0) is 30.7 Å². The van der Waals surface area contributed by atoms with Gasteiger partial charge >= 0.3 is 0 Å². The van der Waals surface area contributed by atoms with Crippen molar-refractivity contribution in [2.45, 2.75) is 24.7 Å². The lowest BCUT2D eigenvalue weighted by Crippen LogP contribution is -2.23. The first-order valence-electron chi connectivity index (χ1n) is 5.76. The van der Waals surface area contributed by atoms with E-state index in [2.05, 4.69) is 17.6 Å². The minimum Gasteiger partial charge on any atom is -0.494 e. The first-order valence-corrected chi connectivity index (χ1v) is 7.24. The topological polar surface area (TPSA) is 55.4 Å². The molecule has 0 atom stereocenters. The van der Waals surface area contributed by atoms with E-state index >= 15 is 0 Å². The summed E-state index contributed by atoms with van der Waals surface area (Å²) in [5.74, 6) is 2.89. The number of hydrogen-bond acceptors (Lipinski definition) is 3. The molecular formula is C13H17NO3S. The van der Waals surface area contributed by atoms with Crippen LogP contribution in [-0.4, -0.2) is 21.6 Å². The molecule has 0 saturated carbocycles. The molecule has 0 saturated heterocycles. The number of hydrogen-bond donors (Lipinski definition) is 1. The molecule has 0 spiro atoms. The Morgan fingerprint density at radius 1 is 1.33 bits per heavy atom. The fraction of sp³-hybridized carbons (Fsp3) is 0.385. The van der Waals surface area contributed by atoms with Crippen molar-refractivity contribution in [2.75, 3.05) is 13.2 Å². The van der Waals surface area contributed by atoms with E-state index in [1.165, 1.54) is 12.1 Å². The highest BCUT2D eigenvalue weighted by molar-refractivity contribution is 7.89. The van der Waals surface area contributed by atoms with Crippen molar-refractivity contribution in [1.29, 1.82) is 0 Å². The zero-order chi connectivity index (χ0) is 13.4. The van der Waals surface area contributed by atoms with Gasteiger partial charge in [-0.3, -0.25) is 0 Å². The van der Waals surface area contributed by atoms with Crippen molar-refractivity contribution in [3.8, 4) is 18.1 Å². The van der Waals surface area contributed by atoms with Crippen LogP contribution in [-0.2, 0) is 10.0 Å². The fourth-order valence-electron chi connectivity index (χ4n) is 1.27. The molecule has 0 aliphatic carbocycles. The fourth-order valence-corrected chi connectivity index (χ4v) is 2.20. The Balaban J connectivity index is 2.68. The molecule has 18 heavy (non-hydrogen) atoms. The van der Waals surface area contributed by atoms with E-state index < -0.39 is 10.0 Å². The minimum absolute atomic E-state index is 0.0168. The molecule has 1 rings (SSSR count). The number of benzene rings is 1. The van der Waals surface area contributed by atoms with Gasteiger partial charge < -0.3 is 4.74 Å². The summed E-state index contributed by atoms with van der Waals surface area (Å²) in [7, 11) is -3.51. The standard InChI is InChI=1S/C13H17NO3S/c1-3-5-11-17-12-6-8-13(9-7-12)18(15,16)14-10-4-2/h2,6-9,14H,3,5,10-11H2,1H3. The van der Waals surface area contributed by atoms with Crippen molar-refractivity contribution in [2.24, 2.45) is 0 Å². The zero-order valence-corrected chi connectivity index (χ0v) is 11.2. The molecule has 0 unspecified atom stereocenters. The first kappa shape index (κ1) is 14.6. The number of rotatable bonds is 7. The Kier molecular flexibility index (Phi) is 5.69. The lowest BCUT2D eigenvalue weighted by Gasteiger charge is -2.07. The lowest BCUT2D eigenvalue weighted by molar-refractivity contribution is 0.309. The van der Waals surface area contributed by atoms with Gasteiger partial charge in [-0.25, -0.2) is 8.42 Å². The van der Waals surface area contributed by atoms with Crippen molar-refractivity contribution in [1.82, 2.24) is 4.72 Å². The van der Waals surface area contributed by atoms with E-state index in [-0.39, 0.29) is 11.4 Å². The summed E-state index contributed by atoms with van der Waals surface area (Å²) < 4.78 is 31.2. The molecule has 1 aromatic rings. The largest absolute Gasteiger partial charge is 0.494 e. The van der Waals surface area contributed by atoms with Gasteiger partial charge in [0.25, 0.3) is 0 Å². The third-order valence-corrected chi connectivity index (χ3v) is 3.68. The second-order valence-electron chi connectivity index (χ2n) is 3.70. The van der Waals surface area contributed by atoms with Gasteiger partial charge in [-0.2, -0.15) is 4.72 Å². The molecule has 1 aromatic carbocycles. The first-order chi connectivity index (χ1) is 8.60. The van der Waals surface area contributed by atoms with Crippen LogP contribution in [0.5, 0.6) is 5.75 Å². The molecule has 0 fully saturated rings. The maximum Gasteiger partial charge on any atom is 0.241 e. The molecule has 0 amide bonds. The van der Waals surface area contributed by atoms with Gasteiger partial charge in [0, 0.05) is 0 Å². The Morgan fingerprint density at radius 3 is 2.56 bits per heavy atom. The highest BCUT2D eigenvalue weighted by atomic mass is 32.2. The maximum absolute atomic E-state index is 11.7. The summed E-state index contributed by atoms with van der Waals surface area (Å²) in [6.07, 6.45) is 7.04.